The average molecular weight is 469 g/mol. The van der Waals surface area contributed by atoms with Gasteiger partial charge in [-0.1, -0.05) is 12.1 Å². The number of guanidine groups is 1. The van der Waals surface area contributed by atoms with Crippen LogP contribution in [0.4, 0.5) is 5.69 Å². The number of benzene rings is 2. The van der Waals surface area contributed by atoms with Gasteiger partial charge in [-0.25, -0.2) is 9.79 Å². The third-order valence-electron chi connectivity index (χ3n) is 5.35. The highest BCUT2D eigenvalue weighted by Crippen LogP contribution is 2.27. The minimum atomic E-state index is -1.00. The number of rotatable bonds is 7. The van der Waals surface area contributed by atoms with Crippen LogP contribution in [0.3, 0.4) is 0 Å². The zero-order valence-corrected chi connectivity index (χ0v) is 19.2. The van der Waals surface area contributed by atoms with Crippen molar-refractivity contribution in [3.63, 3.8) is 0 Å². The van der Waals surface area contributed by atoms with E-state index in [-0.39, 0.29) is 18.5 Å². The Morgan fingerprint density at radius 2 is 1.62 bits per heavy atom. The molecule has 0 unspecified atom stereocenters. The molecule has 0 aromatic heterocycles. The van der Waals surface area contributed by atoms with E-state index >= 15 is 0 Å². The number of carbonyl (C=O) groups is 3. The molecule has 10 nitrogen and oxygen atoms in total. The summed E-state index contributed by atoms with van der Waals surface area (Å²) in [4.78, 5) is 42.8. The van der Waals surface area contributed by atoms with Gasteiger partial charge in [-0.3, -0.25) is 9.59 Å². The second-order valence-electron chi connectivity index (χ2n) is 8.19. The Morgan fingerprint density at radius 1 is 1.00 bits per heavy atom. The van der Waals surface area contributed by atoms with Gasteiger partial charge in [0.15, 0.2) is 12.6 Å². The minimum absolute atomic E-state index is 0.0778. The molecule has 1 saturated heterocycles. The van der Waals surface area contributed by atoms with Gasteiger partial charge in [0.1, 0.15) is 5.75 Å². The lowest BCUT2D eigenvalue weighted by Crippen LogP contribution is -2.43. The number of hydrogen-bond donors (Lipinski definition) is 2. The van der Waals surface area contributed by atoms with Crippen LogP contribution in [0.25, 0.3) is 0 Å². The molecule has 0 atom stereocenters. The summed E-state index contributed by atoms with van der Waals surface area (Å²) < 4.78 is 15.9. The normalized spacial score (nSPS) is 13.6. The summed E-state index contributed by atoms with van der Waals surface area (Å²) in [6.07, 6.45) is 0. The van der Waals surface area contributed by atoms with Gasteiger partial charge in [-0.05, 0) is 55.8 Å². The van der Waals surface area contributed by atoms with E-state index in [0.717, 1.165) is 0 Å². The first-order valence-electron chi connectivity index (χ1n) is 10.7. The highest BCUT2D eigenvalue weighted by atomic mass is 16.5. The molecule has 10 heteroatoms. The summed E-state index contributed by atoms with van der Waals surface area (Å²) in [7, 11) is 0. The monoisotopic (exact) mass is 468 g/mol. The number of amides is 1. The largest absolute Gasteiger partial charge is 0.455 e. The van der Waals surface area contributed by atoms with Gasteiger partial charge in [0, 0.05) is 13.1 Å². The van der Waals surface area contributed by atoms with Crippen molar-refractivity contribution in [2.75, 3.05) is 32.9 Å². The third-order valence-corrected chi connectivity index (χ3v) is 5.35. The van der Waals surface area contributed by atoms with Crippen LogP contribution in [0, 0.1) is 0 Å². The third kappa shape index (κ3) is 6.32. The maximum Gasteiger partial charge on any atom is 0.343 e. The summed E-state index contributed by atoms with van der Waals surface area (Å²) in [5, 5.41) is 0. The number of esters is 2. The van der Waals surface area contributed by atoms with Gasteiger partial charge in [-0.15, -0.1) is 0 Å². The van der Waals surface area contributed by atoms with Crippen molar-refractivity contribution >= 4 is 29.5 Å². The predicted molar refractivity (Wildman–Crippen MR) is 125 cm³/mol. The van der Waals surface area contributed by atoms with Crippen molar-refractivity contribution in [2.45, 2.75) is 19.3 Å². The number of nitrogens with two attached hydrogens (primary N) is 2. The smallest absolute Gasteiger partial charge is 0.343 e. The van der Waals surface area contributed by atoms with Crippen LogP contribution >= 0.6 is 0 Å². The molecule has 0 saturated carbocycles. The van der Waals surface area contributed by atoms with Gasteiger partial charge in [0.25, 0.3) is 5.91 Å². The van der Waals surface area contributed by atoms with Crippen LogP contribution in [-0.4, -0.2) is 61.6 Å². The zero-order chi connectivity index (χ0) is 24.7. The molecule has 0 aliphatic carbocycles. The number of nitrogens with zero attached hydrogens (tertiary/aromatic N) is 2. The van der Waals surface area contributed by atoms with Crippen molar-refractivity contribution in [1.82, 2.24) is 4.90 Å². The molecule has 0 radical (unpaired) electrons. The van der Waals surface area contributed by atoms with E-state index in [0.29, 0.717) is 48.9 Å². The van der Waals surface area contributed by atoms with Crippen molar-refractivity contribution < 1.29 is 28.6 Å². The Hall–Kier alpha value is -3.92. The number of aliphatic imine (C=N–C) groups is 1. The van der Waals surface area contributed by atoms with E-state index in [2.05, 4.69) is 4.99 Å². The second-order valence-corrected chi connectivity index (χ2v) is 8.19. The van der Waals surface area contributed by atoms with Gasteiger partial charge in [0.05, 0.1) is 29.9 Å². The van der Waals surface area contributed by atoms with Crippen molar-refractivity contribution in [1.29, 1.82) is 0 Å². The Bertz CT molecular complexity index is 1050. The highest BCUT2D eigenvalue weighted by molar-refractivity contribution is 5.91. The molecular weight excluding hydrogens is 440 g/mol. The summed E-state index contributed by atoms with van der Waals surface area (Å²) in [5.41, 5.74) is 11.2. The molecule has 0 spiro atoms. The summed E-state index contributed by atoms with van der Waals surface area (Å²) in [6.45, 7) is 5.01. The van der Waals surface area contributed by atoms with Gasteiger partial charge >= 0.3 is 11.9 Å². The first-order chi connectivity index (χ1) is 16.2. The number of hydrogen-bond acceptors (Lipinski definition) is 7. The molecule has 0 bridgehead atoms. The molecule has 1 heterocycles. The Labute approximate surface area is 197 Å². The lowest BCUT2D eigenvalue weighted by molar-refractivity contribution is -0.157. The van der Waals surface area contributed by atoms with Gasteiger partial charge in [0.2, 0.25) is 0 Å². The average Bonchev–Trinajstić information content (AvgIpc) is 2.83. The first kappa shape index (κ1) is 24.7. The standard InChI is InChI=1S/C24H28N4O6/c1-24(2,22(31)33-15-20(29)28-11-13-32-14-12-28)17-5-9-19(10-6-17)34-21(30)16-3-7-18(8-4-16)27-23(25)26/h3-10H,11-15H2,1-2H3,(H4,25,26,27). The van der Waals surface area contributed by atoms with E-state index in [1.165, 1.54) is 0 Å². The van der Waals surface area contributed by atoms with Crippen LogP contribution < -0.4 is 16.2 Å². The van der Waals surface area contributed by atoms with Crippen molar-refractivity contribution in [3.8, 4) is 5.75 Å². The first-order valence-corrected chi connectivity index (χ1v) is 10.7. The minimum Gasteiger partial charge on any atom is -0.455 e. The SMILES string of the molecule is CC(C)(C(=O)OCC(=O)N1CCOCC1)c1ccc(OC(=O)c2ccc(N=C(N)N)cc2)cc1. The fourth-order valence-corrected chi connectivity index (χ4v) is 3.26. The Morgan fingerprint density at radius 3 is 2.21 bits per heavy atom. The molecule has 1 aliphatic rings. The maximum absolute atomic E-state index is 12.7. The molecule has 1 fully saturated rings. The maximum atomic E-state index is 12.7. The van der Waals surface area contributed by atoms with Crippen LogP contribution in [0.15, 0.2) is 53.5 Å². The molecule has 34 heavy (non-hydrogen) atoms. The van der Waals surface area contributed by atoms with Crippen LogP contribution in [-0.2, 0) is 24.5 Å². The zero-order valence-electron chi connectivity index (χ0n) is 19.2. The number of carbonyl (C=O) groups excluding carboxylic acids is 3. The summed E-state index contributed by atoms with van der Waals surface area (Å²) >= 11 is 0. The molecule has 4 N–H and O–H groups in total. The molecular formula is C24H28N4O6. The fourth-order valence-electron chi connectivity index (χ4n) is 3.26. The lowest BCUT2D eigenvalue weighted by atomic mass is 9.85. The lowest BCUT2D eigenvalue weighted by Gasteiger charge is -2.28. The summed E-state index contributed by atoms with van der Waals surface area (Å²) in [5.74, 6) is -1.09. The van der Waals surface area contributed by atoms with E-state index in [4.69, 9.17) is 25.7 Å². The fraction of sp³-hybridized carbons (Fsp3) is 0.333. The Balaban J connectivity index is 1.57. The van der Waals surface area contributed by atoms with Gasteiger partial charge < -0.3 is 30.6 Å². The molecule has 1 aliphatic heterocycles. The Kier molecular flexibility index (Phi) is 7.85. The highest BCUT2D eigenvalue weighted by Gasteiger charge is 2.32. The topological polar surface area (TPSA) is 147 Å². The number of morpholine rings is 1. The van der Waals surface area contributed by atoms with Crippen LogP contribution in [0.2, 0.25) is 0 Å². The quantitative estimate of drug-likeness (QED) is 0.269. The number of ether oxygens (including phenoxy) is 3. The molecule has 2 aromatic rings. The molecule has 180 valence electrons. The van der Waals surface area contributed by atoms with Crippen molar-refractivity contribution in [3.05, 3.63) is 59.7 Å². The van der Waals surface area contributed by atoms with E-state index in [1.54, 1.807) is 67.3 Å². The van der Waals surface area contributed by atoms with E-state index < -0.39 is 17.4 Å². The molecule has 2 aromatic carbocycles. The summed E-state index contributed by atoms with van der Waals surface area (Å²) in [6, 6.07) is 12.8. The van der Waals surface area contributed by atoms with Crippen LogP contribution in [0.5, 0.6) is 5.75 Å². The molecule has 3 rings (SSSR count). The van der Waals surface area contributed by atoms with E-state index in [1.807, 2.05) is 0 Å². The van der Waals surface area contributed by atoms with Crippen LogP contribution in [0.1, 0.15) is 29.8 Å². The molecule has 1 amide bonds. The second kappa shape index (κ2) is 10.8. The van der Waals surface area contributed by atoms with E-state index in [9.17, 15) is 14.4 Å². The predicted octanol–water partition coefficient (Wildman–Crippen LogP) is 1.49. The van der Waals surface area contributed by atoms with Crippen molar-refractivity contribution in [2.24, 2.45) is 16.5 Å². The van der Waals surface area contributed by atoms with Gasteiger partial charge in [-0.2, -0.15) is 0 Å².